The molecule has 0 saturated carbocycles. The molecule has 1 aliphatic carbocycles. The molecule has 0 bridgehead atoms. The Kier molecular flexibility index (Phi) is 4.79. The minimum absolute atomic E-state index is 0.591. The number of allylic oxidation sites excluding steroid dienone is 3. The largest absolute Gasteiger partial charge is 0.386 e. The average molecular weight is 222 g/mol. The summed E-state index contributed by atoms with van der Waals surface area (Å²) in [5.41, 5.74) is 0.832. The summed E-state index contributed by atoms with van der Waals surface area (Å²) >= 11 is 0. The zero-order valence-corrected chi connectivity index (χ0v) is 11.2. The molecule has 0 spiro atoms. The van der Waals surface area contributed by atoms with E-state index < -0.39 is 5.60 Å². The lowest BCUT2D eigenvalue weighted by Gasteiger charge is -2.23. The molecule has 0 amide bonds. The van der Waals surface area contributed by atoms with Crippen molar-refractivity contribution in [3.05, 3.63) is 23.8 Å². The fourth-order valence-corrected chi connectivity index (χ4v) is 2.17. The van der Waals surface area contributed by atoms with Crippen LogP contribution in [-0.4, -0.2) is 10.7 Å². The zero-order chi connectivity index (χ0) is 12.2. The van der Waals surface area contributed by atoms with Crippen LogP contribution in [0.15, 0.2) is 23.8 Å². The van der Waals surface area contributed by atoms with Crippen molar-refractivity contribution in [1.82, 2.24) is 0 Å². The first-order valence-corrected chi connectivity index (χ1v) is 6.48. The van der Waals surface area contributed by atoms with Crippen molar-refractivity contribution < 1.29 is 5.11 Å². The molecule has 0 unspecified atom stereocenters. The molecule has 0 fully saturated rings. The van der Waals surface area contributed by atoms with E-state index >= 15 is 0 Å². The average Bonchev–Trinajstić information content (AvgIpc) is 2.16. The molecule has 2 atom stereocenters. The first-order valence-electron chi connectivity index (χ1n) is 6.48. The van der Waals surface area contributed by atoms with Gasteiger partial charge in [-0.1, -0.05) is 37.6 Å². The summed E-state index contributed by atoms with van der Waals surface area (Å²) in [6.45, 7) is 8.63. The van der Waals surface area contributed by atoms with Crippen LogP contribution in [0, 0.1) is 11.8 Å². The molecule has 1 N–H and O–H groups in total. The molecule has 92 valence electrons. The maximum Gasteiger partial charge on any atom is 0.0802 e. The normalized spacial score (nSPS) is 37.9. The molecule has 0 saturated heterocycles. The van der Waals surface area contributed by atoms with Gasteiger partial charge < -0.3 is 5.11 Å². The van der Waals surface area contributed by atoms with Crippen LogP contribution >= 0.6 is 0 Å². The third-order valence-electron chi connectivity index (χ3n) is 3.57. The van der Waals surface area contributed by atoms with Crippen molar-refractivity contribution in [1.29, 1.82) is 0 Å². The quantitative estimate of drug-likeness (QED) is 0.663. The van der Waals surface area contributed by atoms with E-state index in [9.17, 15) is 5.11 Å². The van der Waals surface area contributed by atoms with Crippen LogP contribution in [0.25, 0.3) is 0 Å². The summed E-state index contributed by atoms with van der Waals surface area (Å²) < 4.78 is 0. The lowest BCUT2D eigenvalue weighted by molar-refractivity contribution is 0.102. The van der Waals surface area contributed by atoms with E-state index in [0.29, 0.717) is 11.8 Å². The van der Waals surface area contributed by atoms with Crippen LogP contribution in [0.3, 0.4) is 0 Å². The Morgan fingerprint density at radius 2 is 2.12 bits per heavy atom. The van der Waals surface area contributed by atoms with Gasteiger partial charge in [-0.25, -0.2) is 0 Å². The van der Waals surface area contributed by atoms with Gasteiger partial charge in [0.1, 0.15) is 0 Å². The third kappa shape index (κ3) is 4.52. The Labute approximate surface area is 100 Å². The van der Waals surface area contributed by atoms with Crippen LogP contribution in [0.5, 0.6) is 0 Å². The molecule has 16 heavy (non-hydrogen) atoms. The van der Waals surface area contributed by atoms with Gasteiger partial charge in [0, 0.05) is 0 Å². The van der Waals surface area contributed by atoms with Gasteiger partial charge in [0.25, 0.3) is 0 Å². The van der Waals surface area contributed by atoms with Crippen LogP contribution in [0.4, 0.5) is 0 Å². The van der Waals surface area contributed by atoms with Crippen molar-refractivity contribution >= 4 is 0 Å². The lowest BCUT2D eigenvalue weighted by Crippen LogP contribution is -2.21. The molecular formula is C15H26O. The van der Waals surface area contributed by atoms with Gasteiger partial charge in [0.2, 0.25) is 0 Å². The first kappa shape index (κ1) is 13.5. The summed E-state index contributed by atoms with van der Waals surface area (Å²) in [5.74, 6) is 1.24. The fraction of sp³-hybridized carbons (Fsp3) is 0.733. The second kappa shape index (κ2) is 5.67. The molecule has 0 aromatic rings. The molecule has 1 nitrogen and oxygen atoms in total. The SMILES string of the molecule is C/C1=C/CC[C@@](C)(O)/C=C/[C@@H](C(C)C)CC1. The van der Waals surface area contributed by atoms with Crippen molar-refractivity contribution in [2.45, 2.75) is 59.0 Å². The summed E-state index contributed by atoms with van der Waals surface area (Å²) in [5, 5.41) is 10.2. The van der Waals surface area contributed by atoms with Gasteiger partial charge in [0.15, 0.2) is 0 Å². The molecule has 0 aromatic heterocycles. The van der Waals surface area contributed by atoms with E-state index in [2.05, 4.69) is 32.9 Å². The van der Waals surface area contributed by atoms with E-state index in [1.165, 1.54) is 18.4 Å². The maximum absolute atomic E-state index is 10.2. The number of hydrogen-bond donors (Lipinski definition) is 1. The summed E-state index contributed by atoms with van der Waals surface area (Å²) in [6.07, 6.45) is 10.7. The molecule has 1 rings (SSSR count). The van der Waals surface area contributed by atoms with Crippen molar-refractivity contribution in [3.63, 3.8) is 0 Å². The molecule has 0 heterocycles. The van der Waals surface area contributed by atoms with Crippen molar-refractivity contribution in [2.24, 2.45) is 11.8 Å². The van der Waals surface area contributed by atoms with Gasteiger partial charge >= 0.3 is 0 Å². The van der Waals surface area contributed by atoms with Crippen LogP contribution < -0.4 is 0 Å². The van der Waals surface area contributed by atoms with Crippen LogP contribution in [0.1, 0.15) is 53.4 Å². The van der Waals surface area contributed by atoms with E-state index in [0.717, 1.165) is 12.8 Å². The van der Waals surface area contributed by atoms with Gasteiger partial charge in [-0.15, -0.1) is 0 Å². The Morgan fingerprint density at radius 3 is 2.75 bits per heavy atom. The van der Waals surface area contributed by atoms with Gasteiger partial charge in [0.05, 0.1) is 5.60 Å². The first-order chi connectivity index (χ1) is 7.41. The third-order valence-corrected chi connectivity index (χ3v) is 3.57. The molecular weight excluding hydrogens is 196 g/mol. The molecule has 1 aliphatic rings. The Bertz CT molecular complexity index is 271. The highest BCUT2D eigenvalue weighted by atomic mass is 16.3. The second-order valence-corrected chi connectivity index (χ2v) is 5.75. The highest BCUT2D eigenvalue weighted by Crippen LogP contribution is 2.25. The standard InChI is InChI=1S/C15H26O/c1-12(2)14-8-7-13(3)6-5-10-15(4,16)11-9-14/h6,9,11-12,14,16H,5,7-8,10H2,1-4H3/b11-9+,13-6-/t14-,15+/m0/s1. The van der Waals surface area contributed by atoms with Crippen molar-refractivity contribution in [2.75, 3.05) is 0 Å². The minimum Gasteiger partial charge on any atom is -0.386 e. The molecule has 0 radical (unpaired) electrons. The fourth-order valence-electron chi connectivity index (χ4n) is 2.17. The predicted octanol–water partition coefficient (Wildman–Crippen LogP) is 4.09. The van der Waals surface area contributed by atoms with E-state index in [1.54, 1.807) is 0 Å². The number of hydrogen-bond acceptors (Lipinski definition) is 1. The smallest absolute Gasteiger partial charge is 0.0802 e. The van der Waals surface area contributed by atoms with Gasteiger partial charge in [-0.05, 0) is 51.4 Å². The minimum atomic E-state index is -0.638. The summed E-state index contributed by atoms with van der Waals surface area (Å²) in [4.78, 5) is 0. The monoisotopic (exact) mass is 222 g/mol. The van der Waals surface area contributed by atoms with E-state index in [4.69, 9.17) is 0 Å². The predicted molar refractivity (Wildman–Crippen MR) is 70.3 cm³/mol. The van der Waals surface area contributed by atoms with Gasteiger partial charge in [-0.3, -0.25) is 0 Å². The highest BCUT2D eigenvalue weighted by molar-refractivity contribution is 5.07. The molecule has 0 aromatic carbocycles. The number of rotatable bonds is 1. The highest BCUT2D eigenvalue weighted by Gasteiger charge is 2.18. The molecule has 0 aliphatic heterocycles. The van der Waals surface area contributed by atoms with Crippen LogP contribution in [-0.2, 0) is 0 Å². The molecule has 1 heteroatoms. The van der Waals surface area contributed by atoms with Gasteiger partial charge in [-0.2, -0.15) is 0 Å². The number of aliphatic hydroxyl groups is 1. The topological polar surface area (TPSA) is 20.2 Å². The zero-order valence-electron chi connectivity index (χ0n) is 11.2. The lowest BCUT2D eigenvalue weighted by atomic mass is 9.86. The van der Waals surface area contributed by atoms with Crippen LogP contribution in [0.2, 0.25) is 0 Å². The Balaban J connectivity index is 2.79. The summed E-state index contributed by atoms with van der Waals surface area (Å²) in [7, 11) is 0. The van der Waals surface area contributed by atoms with E-state index in [-0.39, 0.29) is 0 Å². The van der Waals surface area contributed by atoms with Crippen molar-refractivity contribution in [3.8, 4) is 0 Å². The Morgan fingerprint density at radius 1 is 1.44 bits per heavy atom. The summed E-state index contributed by atoms with van der Waals surface area (Å²) in [6, 6.07) is 0. The maximum atomic E-state index is 10.2. The Hall–Kier alpha value is -0.560. The second-order valence-electron chi connectivity index (χ2n) is 5.75. The van der Waals surface area contributed by atoms with E-state index in [1.807, 2.05) is 13.0 Å².